The summed E-state index contributed by atoms with van der Waals surface area (Å²) in [4.78, 5) is 11.9. The van der Waals surface area contributed by atoms with Crippen molar-refractivity contribution in [2.45, 2.75) is 52.4 Å². The van der Waals surface area contributed by atoms with E-state index in [9.17, 15) is 4.79 Å². The minimum atomic E-state index is -0.0787. The number of hydrogen-bond acceptors (Lipinski definition) is 3. The van der Waals surface area contributed by atoms with E-state index in [-0.39, 0.29) is 11.4 Å². The molecular weight excluding hydrogens is 262 g/mol. The van der Waals surface area contributed by atoms with Gasteiger partial charge in [0, 0.05) is 5.41 Å². The largest absolute Gasteiger partial charge is 0.466 e. The molecule has 21 heavy (non-hydrogen) atoms. The summed E-state index contributed by atoms with van der Waals surface area (Å²) in [6.45, 7) is 10.3. The van der Waals surface area contributed by atoms with Crippen molar-refractivity contribution in [3.05, 3.63) is 35.4 Å². The second kappa shape index (κ2) is 8.83. The number of carbonyl (C=O) groups excluding carboxylic acids is 1. The molecular formula is C18H29NO2. The van der Waals surface area contributed by atoms with Crippen LogP contribution < -0.4 is 5.32 Å². The monoisotopic (exact) mass is 291 g/mol. The minimum absolute atomic E-state index is 0.0504. The van der Waals surface area contributed by atoms with Gasteiger partial charge in [-0.25, -0.2) is 0 Å². The predicted octanol–water partition coefficient (Wildman–Crippen LogP) is 3.60. The zero-order chi connectivity index (χ0) is 15.7. The first-order valence-electron chi connectivity index (χ1n) is 8.10. The van der Waals surface area contributed by atoms with Crippen LogP contribution in [0.5, 0.6) is 0 Å². The minimum Gasteiger partial charge on any atom is -0.466 e. The molecule has 1 aromatic rings. The van der Waals surface area contributed by atoms with Crippen molar-refractivity contribution in [2.75, 3.05) is 19.7 Å². The number of benzene rings is 1. The van der Waals surface area contributed by atoms with Gasteiger partial charge in [-0.1, -0.05) is 43.7 Å². The fraction of sp³-hybridized carbons (Fsp3) is 0.611. The van der Waals surface area contributed by atoms with Crippen LogP contribution in [0.25, 0.3) is 0 Å². The lowest BCUT2D eigenvalue weighted by Gasteiger charge is -2.37. The number of rotatable bonds is 4. The standard InChI is InChI=1S/C16H23NO2.C2H6/c1-3-19-15(18)12-16(8-10-17-11-9-16)14-6-4-13(2)5-7-14;1-2/h4-7,17H,3,8-12H2,1-2H3;1-2H3. The molecule has 1 saturated heterocycles. The Morgan fingerprint density at radius 2 is 1.76 bits per heavy atom. The Labute approximate surface area is 129 Å². The van der Waals surface area contributed by atoms with Gasteiger partial charge < -0.3 is 10.1 Å². The van der Waals surface area contributed by atoms with Crippen molar-refractivity contribution in [1.82, 2.24) is 5.32 Å². The van der Waals surface area contributed by atoms with E-state index in [4.69, 9.17) is 4.74 Å². The lowest BCUT2D eigenvalue weighted by molar-refractivity contribution is -0.145. The molecule has 3 nitrogen and oxygen atoms in total. The molecule has 0 atom stereocenters. The summed E-state index contributed by atoms with van der Waals surface area (Å²) < 4.78 is 5.16. The third kappa shape index (κ3) is 4.85. The Morgan fingerprint density at radius 1 is 1.19 bits per heavy atom. The van der Waals surface area contributed by atoms with Crippen LogP contribution in [0.2, 0.25) is 0 Å². The molecule has 0 amide bonds. The van der Waals surface area contributed by atoms with E-state index < -0.39 is 0 Å². The second-order valence-electron chi connectivity index (χ2n) is 5.38. The summed E-state index contributed by atoms with van der Waals surface area (Å²) in [5, 5.41) is 3.37. The van der Waals surface area contributed by atoms with E-state index in [2.05, 4.69) is 36.5 Å². The molecule has 0 spiro atoms. The van der Waals surface area contributed by atoms with E-state index in [1.807, 2.05) is 20.8 Å². The van der Waals surface area contributed by atoms with Gasteiger partial charge in [-0.2, -0.15) is 0 Å². The van der Waals surface area contributed by atoms with Crippen LogP contribution in [0.3, 0.4) is 0 Å². The van der Waals surface area contributed by atoms with Gasteiger partial charge in [0.1, 0.15) is 0 Å². The fourth-order valence-corrected chi connectivity index (χ4v) is 2.87. The van der Waals surface area contributed by atoms with E-state index in [1.54, 1.807) is 0 Å². The average molecular weight is 291 g/mol. The number of ether oxygens (including phenoxy) is 1. The van der Waals surface area contributed by atoms with E-state index >= 15 is 0 Å². The Hall–Kier alpha value is -1.35. The Bertz CT molecular complexity index is 419. The molecule has 1 aliphatic rings. The number of hydrogen-bond donors (Lipinski definition) is 1. The predicted molar refractivity (Wildman–Crippen MR) is 87.6 cm³/mol. The van der Waals surface area contributed by atoms with Crippen LogP contribution >= 0.6 is 0 Å². The zero-order valence-electron chi connectivity index (χ0n) is 13.9. The van der Waals surface area contributed by atoms with Gasteiger partial charge in [0.05, 0.1) is 13.0 Å². The highest BCUT2D eigenvalue weighted by Crippen LogP contribution is 2.37. The number of piperidine rings is 1. The van der Waals surface area contributed by atoms with Crippen molar-refractivity contribution in [3.8, 4) is 0 Å². The normalized spacial score (nSPS) is 16.6. The summed E-state index contributed by atoms with van der Waals surface area (Å²) in [6.07, 6.45) is 2.48. The third-order valence-corrected chi connectivity index (χ3v) is 4.01. The number of nitrogens with one attached hydrogen (secondary N) is 1. The van der Waals surface area contributed by atoms with Gasteiger partial charge in [-0.05, 0) is 45.3 Å². The topological polar surface area (TPSA) is 38.3 Å². The van der Waals surface area contributed by atoms with Crippen LogP contribution in [0.15, 0.2) is 24.3 Å². The van der Waals surface area contributed by atoms with Crippen LogP contribution in [0.4, 0.5) is 0 Å². The Balaban J connectivity index is 0.00000106. The first-order chi connectivity index (χ1) is 10.2. The van der Waals surface area contributed by atoms with Gasteiger partial charge in [-0.3, -0.25) is 4.79 Å². The average Bonchev–Trinajstić information content (AvgIpc) is 2.51. The van der Waals surface area contributed by atoms with E-state index in [0.717, 1.165) is 25.9 Å². The zero-order valence-corrected chi connectivity index (χ0v) is 13.9. The van der Waals surface area contributed by atoms with Crippen LogP contribution in [-0.4, -0.2) is 25.7 Å². The molecule has 1 aromatic carbocycles. The van der Waals surface area contributed by atoms with Crippen molar-refractivity contribution >= 4 is 5.97 Å². The first kappa shape index (κ1) is 17.7. The summed E-state index contributed by atoms with van der Waals surface area (Å²) in [5.41, 5.74) is 2.47. The molecule has 1 fully saturated rings. The molecule has 0 aromatic heterocycles. The molecule has 0 radical (unpaired) electrons. The molecule has 3 heteroatoms. The second-order valence-corrected chi connectivity index (χ2v) is 5.38. The highest BCUT2D eigenvalue weighted by Gasteiger charge is 2.36. The molecule has 0 unspecified atom stereocenters. The molecule has 2 rings (SSSR count). The molecule has 1 aliphatic heterocycles. The quantitative estimate of drug-likeness (QED) is 0.861. The molecule has 0 aliphatic carbocycles. The fourth-order valence-electron chi connectivity index (χ4n) is 2.87. The molecule has 0 saturated carbocycles. The van der Waals surface area contributed by atoms with Crippen molar-refractivity contribution < 1.29 is 9.53 Å². The molecule has 1 N–H and O–H groups in total. The van der Waals surface area contributed by atoms with Gasteiger partial charge >= 0.3 is 5.97 Å². The van der Waals surface area contributed by atoms with Crippen LogP contribution in [0, 0.1) is 6.92 Å². The van der Waals surface area contributed by atoms with Gasteiger partial charge in [-0.15, -0.1) is 0 Å². The lowest BCUT2D eigenvalue weighted by atomic mass is 9.71. The van der Waals surface area contributed by atoms with E-state index in [1.165, 1.54) is 11.1 Å². The molecule has 0 bridgehead atoms. The first-order valence-corrected chi connectivity index (χ1v) is 8.10. The summed E-state index contributed by atoms with van der Waals surface area (Å²) in [7, 11) is 0. The number of aryl methyl sites for hydroxylation is 1. The summed E-state index contributed by atoms with van der Waals surface area (Å²) in [6, 6.07) is 8.59. The third-order valence-electron chi connectivity index (χ3n) is 4.01. The SMILES string of the molecule is CC.CCOC(=O)CC1(c2ccc(C)cc2)CCNCC1. The Kier molecular flexibility index (Phi) is 7.44. The number of carbonyl (C=O) groups is 1. The highest BCUT2D eigenvalue weighted by atomic mass is 16.5. The van der Waals surface area contributed by atoms with Crippen molar-refractivity contribution in [3.63, 3.8) is 0 Å². The molecule has 1 heterocycles. The summed E-state index contributed by atoms with van der Waals surface area (Å²) >= 11 is 0. The Morgan fingerprint density at radius 3 is 2.29 bits per heavy atom. The maximum atomic E-state index is 11.9. The maximum absolute atomic E-state index is 11.9. The van der Waals surface area contributed by atoms with Crippen LogP contribution in [0.1, 0.15) is 51.2 Å². The van der Waals surface area contributed by atoms with Crippen LogP contribution in [-0.2, 0) is 14.9 Å². The number of esters is 1. The highest BCUT2D eigenvalue weighted by molar-refractivity contribution is 5.71. The van der Waals surface area contributed by atoms with Gasteiger partial charge in [0.25, 0.3) is 0 Å². The van der Waals surface area contributed by atoms with Crippen molar-refractivity contribution in [2.24, 2.45) is 0 Å². The smallest absolute Gasteiger partial charge is 0.306 e. The maximum Gasteiger partial charge on any atom is 0.306 e. The van der Waals surface area contributed by atoms with Gasteiger partial charge in [0.15, 0.2) is 0 Å². The van der Waals surface area contributed by atoms with E-state index in [0.29, 0.717) is 13.0 Å². The lowest BCUT2D eigenvalue weighted by Crippen LogP contribution is -2.41. The summed E-state index contributed by atoms with van der Waals surface area (Å²) in [5.74, 6) is -0.0787. The van der Waals surface area contributed by atoms with Crippen molar-refractivity contribution in [1.29, 1.82) is 0 Å². The van der Waals surface area contributed by atoms with Gasteiger partial charge in [0.2, 0.25) is 0 Å². The molecule has 118 valence electrons.